The third kappa shape index (κ3) is 4.70. The van der Waals surface area contributed by atoms with Gasteiger partial charge in [-0.2, -0.15) is 0 Å². The van der Waals surface area contributed by atoms with Crippen LogP contribution in [0.5, 0.6) is 11.5 Å². The third-order valence-electron chi connectivity index (χ3n) is 2.92. The van der Waals surface area contributed by atoms with Gasteiger partial charge in [-0.15, -0.1) is 0 Å². The molecule has 2 aromatic carbocycles. The van der Waals surface area contributed by atoms with Crippen molar-refractivity contribution in [2.24, 2.45) is 0 Å². The van der Waals surface area contributed by atoms with Crippen LogP contribution in [-0.2, 0) is 4.74 Å². The SMILES string of the molecule is COC(=O)c1ccc(OCCOc2cccc([N+](=O)[O-])c2)cc1. The molecular weight excluding hydrogens is 302 g/mol. The van der Waals surface area contributed by atoms with Gasteiger partial charge in [0.05, 0.1) is 23.7 Å². The minimum atomic E-state index is -0.480. The molecule has 0 saturated heterocycles. The molecule has 120 valence electrons. The summed E-state index contributed by atoms with van der Waals surface area (Å²) in [6, 6.07) is 12.4. The van der Waals surface area contributed by atoms with Crippen LogP contribution in [0.4, 0.5) is 5.69 Å². The number of benzene rings is 2. The molecule has 7 heteroatoms. The van der Waals surface area contributed by atoms with E-state index in [1.165, 1.54) is 19.2 Å². The molecule has 0 atom stereocenters. The quantitative estimate of drug-likeness (QED) is 0.338. The smallest absolute Gasteiger partial charge is 0.337 e. The summed E-state index contributed by atoms with van der Waals surface area (Å²) in [5.74, 6) is 0.578. The van der Waals surface area contributed by atoms with Gasteiger partial charge >= 0.3 is 5.97 Å². The highest BCUT2D eigenvalue weighted by Gasteiger charge is 2.07. The number of methoxy groups -OCH3 is 1. The van der Waals surface area contributed by atoms with Crippen molar-refractivity contribution in [2.45, 2.75) is 0 Å². The normalized spacial score (nSPS) is 9.96. The van der Waals surface area contributed by atoms with E-state index in [4.69, 9.17) is 9.47 Å². The summed E-state index contributed by atoms with van der Waals surface area (Å²) in [6.07, 6.45) is 0. The number of esters is 1. The summed E-state index contributed by atoms with van der Waals surface area (Å²) in [6.45, 7) is 0.500. The molecule has 0 aliphatic heterocycles. The van der Waals surface area contributed by atoms with Crippen molar-refractivity contribution in [2.75, 3.05) is 20.3 Å². The Hall–Kier alpha value is -3.09. The number of non-ortho nitro benzene ring substituents is 1. The first-order chi connectivity index (χ1) is 11.1. The molecule has 0 spiro atoms. The molecule has 7 nitrogen and oxygen atoms in total. The molecule has 2 aromatic rings. The van der Waals surface area contributed by atoms with Crippen LogP contribution < -0.4 is 9.47 Å². The Balaban J connectivity index is 1.80. The number of ether oxygens (including phenoxy) is 3. The van der Waals surface area contributed by atoms with Crippen molar-refractivity contribution in [1.29, 1.82) is 0 Å². The largest absolute Gasteiger partial charge is 0.490 e. The lowest BCUT2D eigenvalue weighted by Crippen LogP contribution is -2.09. The molecule has 0 amide bonds. The lowest BCUT2D eigenvalue weighted by Gasteiger charge is -2.08. The van der Waals surface area contributed by atoms with E-state index < -0.39 is 10.9 Å². The molecule has 0 bridgehead atoms. The number of nitrogens with zero attached hydrogens (tertiary/aromatic N) is 1. The van der Waals surface area contributed by atoms with Crippen LogP contribution in [0.15, 0.2) is 48.5 Å². The molecule has 0 aliphatic rings. The fourth-order valence-corrected chi connectivity index (χ4v) is 1.81. The maximum absolute atomic E-state index is 11.3. The van der Waals surface area contributed by atoms with Gasteiger partial charge in [0, 0.05) is 6.07 Å². The van der Waals surface area contributed by atoms with E-state index in [9.17, 15) is 14.9 Å². The fraction of sp³-hybridized carbons (Fsp3) is 0.188. The number of nitro benzene ring substituents is 1. The highest BCUT2D eigenvalue weighted by Crippen LogP contribution is 2.19. The number of hydrogen-bond acceptors (Lipinski definition) is 6. The first-order valence-electron chi connectivity index (χ1n) is 6.78. The zero-order valence-corrected chi connectivity index (χ0v) is 12.4. The van der Waals surface area contributed by atoms with Crippen LogP contribution in [-0.4, -0.2) is 31.2 Å². The number of rotatable bonds is 7. The highest BCUT2D eigenvalue weighted by molar-refractivity contribution is 5.89. The molecule has 0 radical (unpaired) electrons. The second kappa shape index (κ2) is 7.79. The molecule has 23 heavy (non-hydrogen) atoms. The third-order valence-corrected chi connectivity index (χ3v) is 2.92. The lowest BCUT2D eigenvalue weighted by atomic mass is 10.2. The second-order valence-corrected chi connectivity index (χ2v) is 4.47. The fourth-order valence-electron chi connectivity index (χ4n) is 1.81. The average Bonchev–Trinajstić information content (AvgIpc) is 2.59. The minimum Gasteiger partial charge on any atom is -0.490 e. The van der Waals surface area contributed by atoms with Crippen molar-refractivity contribution >= 4 is 11.7 Å². The summed E-state index contributed by atoms with van der Waals surface area (Å²) in [5, 5.41) is 10.7. The van der Waals surface area contributed by atoms with Gasteiger partial charge in [-0.05, 0) is 30.3 Å². The Labute approximate surface area is 132 Å². The molecule has 0 N–H and O–H groups in total. The molecule has 0 aliphatic carbocycles. The Kier molecular flexibility index (Phi) is 5.51. The lowest BCUT2D eigenvalue weighted by molar-refractivity contribution is -0.384. The van der Waals surface area contributed by atoms with E-state index in [0.29, 0.717) is 17.1 Å². The van der Waals surface area contributed by atoms with E-state index >= 15 is 0 Å². The van der Waals surface area contributed by atoms with E-state index in [0.717, 1.165) is 0 Å². The Morgan fingerprint density at radius 1 is 1.04 bits per heavy atom. The predicted octanol–water partition coefficient (Wildman–Crippen LogP) is 2.84. The van der Waals surface area contributed by atoms with E-state index in [1.807, 2.05) is 0 Å². The maximum atomic E-state index is 11.3. The van der Waals surface area contributed by atoms with Crippen LogP contribution in [0, 0.1) is 10.1 Å². The van der Waals surface area contributed by atoms with Crippen LogP contribution in [0.3, 0.4) is 0 Å². The van der Waals surface area contributed by atoms with Gasteiger partial charge in [-0.1, -0.05) is 6.07 Å². The highest BCUT2D eigenvalue weighted by atomic mass is 16.6. The Bertz CT molecular complexity index is 683. The zero-order chi connectivity index (χ0) is 16.7. The molecule has 0 unspecified atom stereocenters. The van der Waals surface area contributed by atoms with Crippen LogP contribution >= 0.6 is 0 Å². The predicted molar refractivity (Wildman–Crippen MR) is 81.9 cm³/mol. The number of hydrogen-bond donors (Lipinski definition) is 0. The summed E-state index contributed by atoms with van der Waals surface area (Å²) < 4.78 is 15.5. The number of nitro groups is 1. The molecular formula is C16H15NO6. The maximum Gasteiger partial charge on any atom is 0.337 e. The molecule has 0 saturated carbocycles. The van der Waals surface area contributed by atoms with Gasteiger partial charge in [0.25, 0.3) is 5.69 Å². The Morgan fingerprint density at radius 2 is 1.70 bits per heavy atom. The van der Waals surface area contributed by atoms with Gasteiger partial charge in [-0.25, -0.2) is 4.79 Å². The summed E-state index contributed by atoms with van der Waals surface area (Å²) in [7, 11) is 1.32. The second-order valence-electron chi connectivity index (χ2n) is 4.47. The van der Waals surface area contributed by atoms with Gasteiger partial charge in [0.15, 0.2) is 0 Å². The monoisotopic (exact) mass is 317 g/mol. The summed E-state index contributed by atoms with van der Waals surface area (Å²) >= 11 is 0. The van der Waals surface area contributed by atoms with E-state index in [2.05, 4.69) is 4.74 Å². The van der Waals surface area contributed by atoms with Crippen LogP contribution in [0.25, 0.3) is 0 Å². The van der Waals surface area contributed by atoms with Gasteiger partial charge in [-0.3, -0.25) is 10.1 Å². The summed E-state index contributed by atoms with van der Waals surface area (Å²) in [4.78, 5) is 21.5. The van der Waals surface area contributed by atoms with Crippen LogP contribution in [0.1, 0.15) is 10.4 Å². The van der Waals surface area contributed by atoms with Gasteiger partial charge in [0.2, 0.25) is 0 Å². The van der Waals surface area contributed by atoms with E-state index in [1.54, 1.807) is 36.4 Å². The molecule has 2 rings (SSSR count). The van der Waals surface area contributed by atoms with Crippen molar-refractivity contribution in [3.05, 3.63) is 64.2 Å². The van der Waals surface area contributed by atoms with E-state index in [-0.39, 0.29) is 18.9 Å². The van der Waals surface area contributed by atoms with Gasteiger partial charge < -0.3 is 14.2 Å². The van der Waals surface area contributed by atoms with Crippen LogP contribution in [0.2, 0.25) is 0 Å². The topological polar surface area (TPSA) is 87.9 Å². The first-order valence-corrected chi connectivity index (χ1v) is 6.78. The summed E-state index contributed by atoms with van der Waals surface area (Å²) in [5.41, 5.74) is 0.412. The van der Waals surface area contributed by atoms with Crippen molar-refractivity contribution in [3.63, 3.8) is 0 Å². The molecule has 0 fully saturated rings. The van der Waals surface area contributed by atoms with Gasteiger partial charge in [0.1, 0.15) is 24.7 Å². The molecule has 0 aromatic heterocycles. The zero-order valence-electron chi connectivity index (χ0n) is 12.4. The number of carbonyl (C=O) groups is 1. The van der Waals surface area contributed by atoms with Crippen molar-refractivity contribution in [3.8, 4) is 11.5 Å². The van der Waals surface area contributed by atoms with Crippen molar-refractivity contribution < 1.29 is 23.9 Å². The first kappa shape index (κ1) is 16.3. The van der Waals surface area contributed by atoms with Crippen molar-refractivity contribution in [1.82, 2.24) is 0 Å². The molecule has 0 heterocycles. The number of carbonyl (C=O) groups excluding carboxylic acids is 1. The average molecular weight is 317 g/mol. The standard InChI is InChI=1S/C16H15NO6/c1-21-16(18)12-5-7-14(8-6-12)22-9-10-23-15-4-2-3-13(11-15)17(19)20/h2-8,11H,9-10H2,1H3. The minimum absolute atomic E-state index is 0.0261. The Morgan fingerprint density at radius 3 is 2.30 bits per heavy atom.